The SMILES string of the molecule is COc1cccc2c1OC[C@@H](Cc1cc(N3CCCCC3)ncn1)C2. The first-order chi connectivity index (χ1) is 12.3. The summed E-state index contributed by atoms with van der Waals surface area (Å²) in [6.07, 6.45) is 7.47. The standard InChI is InChI=1S/C20H25N3O2/c1-24-18-7-5-6-16-10-15(13-25-20(16)18)11-17-12-19(22-14-21-17)23-8-3-2-4-9-23/h5-7,12,14-15H,2-4,8-11,13H2,1H3/t15-/m1/s1. The average Bonchev–Trinajstić information content (AvgIpc) is 2.68. The van der Waals surface area contributed by atoms with Crippen molar-refractivity contribution in [3.8, 4) is 11.5 Å². The predicted octanol–water partition coefficient (Wildman–Crippen LogP) is 3.27. The quantitative estimate of drug-likeness (QED) is 0.855. The molecule has 4 rings (SSSR count). The van der Waals surface area contributed by atoms with Crippen LogP contribution in [0, 0.1) is 5.92 Å². The highest BCUT2D eigenvalue weighted by Gasteiger charge is 2.23. The molecule has 0 N–H and O–H groups in total. The Hall–Kier alpha value is -2.30. The summed E-state index contributed by atoms with van der Waals surface area (Å²) in [6.45, 7) is 2.92. The van der Waals surface area contributed by atoms with Crippen LogP contribution < -0.4 is 14.4 Å². The molecule has 2 aromatic rings. The van der Waals surface area contributed by atoms with Gasteiger partial charge in [0.1, 0.15) is 12.1 Å². The Morgan fingerprint density at radius 1 is 1.20 bits per heavy atom. The van der Waals surface area contributed by atoms with Gasteiger partial charge in [-0.05, 0) is 43.7 Å². The molecule has 25 heavy (non-hydrogen) atoms. The van der Waals surface area contributed by atoms with E-state index in [-0.39, 0.29) is 0 Å². The molecule has 0 bridgehead atoms. The van der Waals surface area contributed by atoms with Crippen molar-refractivity contribution in [2.75, 3.05) is 31.7 Å². The van der Waals surface area contributed by atoms with E-state index in [1.54, 1.807) is 13.4 Å². The van der Waals surface area contributed by atoms with Gasteiger partial charge in [0.25, 0.3) is 0 Å². The Labute approximate surface area is 149 Å². The molecule has 2 aliphatic rings. The Kier molecular flexibility index (Phi) is 4.72. The number of nitrogens with zero attached hydrogens (tertiary/aromatic N) is 3. The maximum Gasteiger partial charge on any atom is 0.164 e. The molecule has 0 spiro atoms. The minimum atomic E-state index is 0.434. The minimum absolute atomic E-state index is 0.434. The highest BCUT2D eigenvalue weighted by atomic mass is 16.5. The van der Waals surface area contributed by atoms with Crippen molar-refractivity contribution in [3.63, 3.8) is 0 Å². The van der Waals surface area contributed by atoms with Crippen LogP contribution in [0.3, 0.4) is 0 Å². The number of hydrogen-bond acceptors (Lipinski definition) is 5. The first-order valence-corrected chi connectivity index (χ1v) is 9.18. The molecule has 1 saturated heterocycles. The van der Waals surface area contributed by atoms with Crippen molar-refractivity contribution >= 4 is 5.82 Å². The number of aromatic nitrogens is 2. The van der Waals surface area contributed by atoms with Gasteiger partial charge in [0, 0.05) is 30.8 Å². The molecule has 1 aromatic heterocycles. The number of para-hydroxylation sites is 1. The highest BCUT2D eigenvalue weighted by Crippen LogP contribution is 2.36. The summed E-state index contributed by atoms with van der Waals surface area (Å²) in [5, 5.41) is 0. The molecule has 1 fully saturated rings. The van der Waals surface area contributed by atoms with E-state index in [1.807, 2.05) is 12.1 Å². The van der Waals surface area contributed by atoms with Crippen molar-refractivity contribution in [3.05, 3.63) is 41.9 Å². The summed E-state index contributed by atoms with van der Waals surface area (Å²) in [5.41, 5.74) is 2.33. The zero-order valence-electron chi connectivity index (χ0n) is 14.8. The normalized spacial score (nSPS) is 19.9. The molecule has 0 amide bonds. The van der Waals surface area contributed by atoms with Gasteiger partial charge in [0.05, 0.1) is 13.7 Å². The van der Waals surface area contributed by atoms with Gasteiger partial charge in [0.2, 0.25) is 0 Å². The fourth-order valence-electron chi connectivity index (χ4n) is 3.84. The lowest BCUT2D eigenvalue weighted by atomic mass is 9.92. The van der Waals surface area contributed by atoms with Crippen molar-refractivity contribution in [1.29, 1.82) is 0 Å². The molecule has 0 saturated carbocycles. The van der Waals surface area contributed by atoms with E-state index in [1.165, 1.54) is 24.8 Å². The van der Waals surface area contributed by atoms with Crippen LogP contribution in [0.1, 0.15) is 30.5 Å². The van der Waals surface area contributed by atoms with Crippen molar-refractivity contribution < 1.29 is 9.47 Å². The first kappa shape index (κ1) is 16.2. The number of benzene rings is 1. The molecular weight excluding hydrogens is 314 g/mol. The van der Waals surface area contributed by atoms with Crippen LogP contribution in [0.25, 0.3) is 0 Å². The number of ether oxygens (including phenoxy) is 2. The van der Waals surface area contributed by atoms with E-state index >= 15 is 0 Å². The number of anilines is 1. The van der Waals surface area contributed by atoms with Crippen molar-refractivity contribution in [2.24, 2.45) is 5.92 Å². The highest BCUT2D eigenvalue weighted by molar-refractivity contribution is 5.48. The molecular formula is C20H25N3O2. The lowest BCUT2D eigenvalue weighted by Crippen LogP contribution is -2.30. The number of hydrogen-bond donors (Lipinski definition) is 0. The van der Waals surface area contributed by atoms with Crippen LogP contribution >= 0.6 is 0 Å². The fraction of sp³-hybridized carbons (Fsp3) is 0.500. The van der Waals surface area contributed by atoms with Crippen LogP contribution in [-0.2, 0) is 12.8 Å². The van der Waals surface area contributed by atoms with E-state index in [0.717, 1.165) is 48.9 Å². The van der Waals surface area contributed by atoms with Gasteiger partial charge in [-0.15, -0.1) is 0 Å². The second kappa shape index (κ2) is 7.30. The van der Waals surface area contributed by atoms with Crippen LogP contribution in [0.15, 0.2) is 30.6 Å². The third-order valence-electron chi connectivity index (χ3n) is 5.14. The van der Waals surface area contributed by atoms with Crippen LogP contribution in [0.4, 0.5) is 5.82 Å². The van der Waals surface area contributed by atoms with Crippen LogP contribution in [-0.4, -0.2) is 36.8 Å². The maximum atomic E-state index is 6.00. The first-order valence-electron chi connectivity index (χ1n) is 9.18. The van der Waals surface area contributed by atoms with E-state index in [4.69, 9.17) is 9.47 Å². The van der Waals surface area contributed by atoms with Gasteiger partial charge in [-0.2, -0.15) is 0 Å². The zero-order valence-corrected chi connectivity index (χ0v) is 14.8. The Balaban J connectivity index is 1.46. The van der Waals surface area contributed by atoms with E-state index in [0.29, 0.717) is 12.5 Å². The summed E-state index contributed by atoms with van der Waals surface area (Å²) >= 11 is 0. The Bertz CT molecular complexity index is 729. The Morgan fingerprint density at radius 3 is 2.92 bits per heavy atom. The molecule has 1 atom stereocenters. The average molecular weight is 339 g/mol. The van der Waals surface area contributed by atoms with Gasteiger partial charge in [-0.1, -0.05) is 12.1 Å². The van der Waals surface area contributed by atoms with E-state index in [2.05, 4.69) is 27.0 Å². The molecule has 0 aliphatic carbocycles. The van der Waals surface area contributed by atoms with Gasteiger partial charge in [-0.3, -0.25) is 0 Å². The van der Waals surface area contributed by atoms with Gasteiger partial charge in [0.15, 0.2) is 11.5 Å². The molecule has 5 heteroatoms. The lowest BCUT2D eigenvalue weighted by Gasteiger charge is -2.28. The van der Waals surface area contributed by atoms with Gasteiger partial charge < -0.3 is 14.4 Å². The largest absolute Gasteiger partial charge is 0.493 e. The van der Waals surface area contributed by atoms with Crippen LogP contribution in [0.2, 0.25) is 0 Å². The predicted molar refractivity (Wildman–Crippen MR) is 97.5 cm³/mol. The van der Waals surface area contributed by atoms with E-state index in [9.17, 15) is 0 Å². The lowest BCUT2D eigenvalue weighted by molar-refractivity contribution is 0.210. The second-order valence-electron chi connectivity index (χ2n) is 6.95. The molecule has 0 radical (unpaired) electrons. The topological polar surface area (TPSA) is 47.5 Å². The second-order valence-corrected chi connectivity index (χ2v) is 6.95. The van der Waals surface area contributed by atoms with Crippen molar-refractivity contribution in [1.82, 2.24) is 9.97 Å². The fourth-order valence-corrected chi connectivity index (χ4v) is 3.84. The minimum Gasteiger partial charge on any atom is -0.493 e. The van der Waals surface area contributed by atoms with Gasteiger partial charge >= 0.3 is 0 Å². The number of piperidine rings is 1. The molecule has 0 unspecified atom stereocenters. The van der Waals surface area contributed by atoms with Crippen molar-refractivity contribution in [2.45, 2.75) is 32.1 Å². The zero-order chi connectivity index (χ0) is 17.1. The summed E-state index contributed by atoms with van der Waals surface area (Å²) < 4.78 is 11.4. The monoisotopic (exact) mass is 339 g/mol. The summed E-state index contributed by atoms with van der Waals surface area (Å²) in [4.78, 5) is 11.4. The number of fused-ring (bicyclic) bond motifs is 1. The van der Waals surface area contributed by atoms with Crippen LogP contribution in [0.5, 0.6) is 11.5 Å². The number of rotatable bonds is 4. The third kappa shape index (κ3) is 3.55. The molecule has 1 aromatic carbocycles. The summed E-state index contributed by atoms with van der Waals surface area (Å²) in [5.74, 6) is 3.23. The summed E-state index contributed by atoms with van der Waals surface area (Å²) in [6, 6.07) is 8.27. The third-order valence-corrected chi connectivity index (χ3v) is 5.14. The summed E-state index contributed by atoms with van der Waals surface area (Å²) in [7, 11) is 1.69. The molecule has 5 nitrogen and oxygen atoms in total. The molecule has 2 aliphatic heterocycles. The molecule has 3 heterocycles. The van der Waals surface area contributed by atoms with E-state index < -0.39 is 0 Å². The molecule has 132 valence electrons. The Morgan fingerprint density at radius 2 is 2.08 bits per heavy atom. The maximum absolute atomic E-state index is 6.00. The number of methoxy groups -OCH3 is 1. The van der Waals surface area contributed by atoms with Gasteiger partial charge in [-0.25, -0.2) is 9.97 Å². The smallest absolute Gasteiger partial charge is 0.164 e.